The van der Waals surface area contributed by atoms with Gasteiger partial charge in [-0.2, -0.15) is 0 Å². The zero-order valence-electron chi connectivity index (χ0n) is 23.1. The Kier molecular flexibility index (Phi) is 16.1. The third-order valence-electron chi connectivity index (χ3n) is 6.09. The van der Waals surface area contributed by atoms with Crippen molar-refractivity contribution in [1.29, 1.82) is 0 Å². The van der Waals surface area contributed by atoms with Gasteiger partial charge in [-0.15, -0.1) is 0 Å². The molecule has 0 saturated carbocycles. The van der Waals surface area contributed by atoms with E-state index in [9.17, 15) is 29.1 Å². The van der Waals surface area contributed by atoms with E-state index < -0.39 is 53.8 Å². The van der Waals surface area contributed by atoms with E-state index in [1.54, 1.807) is 30.3 Å². The lowest BCUT2D eigenvalue weighted by molar-refractivity contribution is -0.142. The minimum Gasteiger partial charge on any atom is -0.480 e. The maximum absolute atomic E-state index is 13.3. The molecule has 1 aromatic rings. The fraction of sp³-hybridized carbons (Fsp3) is 0.538. The molecule has 0 aliphatic rings. The Balaban J connectivity index is 3.06. The fourth-order valence-corrected chi connectivity index (χ4v) is 3.84. The van der Waals surface area contributed by atoms with Crippen molar-refractivity contribution in [2.24, 2.45) is 33.7 Å². The number of carbonyl (C=O) groups excluding carboxylic acids is 4. The van der Waals surface area contributed by atoms with Crippen LogP contribution in [0.3, 0.4) is 0 Å². The molecule has 0 aromatic heterocycles. The van der Waals surface area contributed by atoms with Crippen LogP contribution in [0.2, 0.25) is 0 Å². The van der Waals surface area contributed by atoms with E-state index >= 15 is 0 Å². The summed E-state index contributed by atoms with van der Waals surface area (Å²) in [7, 11) is 0. The first kappa shape index (κ1) is 34.8. The molecule has 1 aromatic carbocycles. The Bertz CT molecular complexity index is 1030. The molecule has 0 spiro atoms. The lowest BCUT2D eigenvalue weighted by Gasteiger charge is -2.25. The summed E-state index contributed by atoms with van der Waals surface area (Å²) in [4.78, 5) is 66.0. The zero-order valence-corrected chi connectivity index (χ0v) is 23.1. The van der Waals surface area contributed by atoms with Gasteiger partial charge in [0.25, 0.3) is 0 Å². The number of nitrogens with two attached hydrogens (primary N) is 5. The van der Waals surface area contributed by atoms with Crippen molar-refractivity contribution in [2.75, 3.05) is 13.1 Å². The number of hydrogen-bond acceptors (Lipinski definition) is 8. The predicted molar refractivity (Wildman–Crippen MR) is 153 cm³/mol. The molecule has 4 unspecified atom stereocenters. The molecule has 0 fully saturated rings. The maximum Gasteiger partial charge on any atom is 0.326 e. The Morgan fingerprint density at radius 2 is 1.34 bits per heavy atom. The number of nitrogens with one attached hydrogen (secondary N) is 3. The van der Waals surface area contributed by atoms with Crippen LogP contribution in [0.5, 0.6) is 0 Å². The standard InChI is InChI=1S/C26H43N9O6/c27-13-5-4-9-18(33-22(37)17(28)11-12-21(29)36)23(38)34-19(10-6-14-32-26(30)31)24(39)35-20(25(40)41)15-16-7-2-1-3-8-16/h1-3,7-8,17-20H,4-6,9-15,27-28H2,(H2,29,36)(H,33,37)(H,34,38)(H,35,39)(H,40,41)(H4,30,31,32). The Labute approximate surface area is 239 Å². The number of primary amides is 1. The average molecular weight is 578 g/mol. The summed E-state index contributed by atoms with van der Waals surface area (Å²) in [6.45, 7) is 0.536. The first-order valence-corrected chi connectivity index (χ1v) is 13.4. The molecule has 0 saturated heterocycles. The summed E-state index contributed by atoms with van der Waals surface area (Å²) < 4.78 is 0. The second kappa shape index (κ2) is 18.9. The number of aliphatic imine (C=N–C) groups is 1. The van der Waals surface area contributed by atoms with E-state index in [-0.39, 0.29) is 51.0 Å². The molecule has 0 heterocycles. The normalized spacial score (nSPS) is 13.6. The van der Waals surface area contributed by atoms with Gasteiger partial charge < -0.3 is 49.7 Å². The van der Waals surface area contributed by atoms with Gasteiger partial charge in [-0.1, -0.05) is 30.3 Å². The SMILES string of the molecule is NCCCCC(NC(=O)C(N)CCC(N)=O)C(=O)NC(CCCN=C(N)N)C(=O)NC(Cc1ccccc1)C(=O)O. The van der Waals surface area contributed by atoms with E-state index in [4.69, 9.17) is 28.7 Å². The van der Waals surface area contributed by atoms with E-state index in [0.29, 0.717) is 24.9 Å². The molecule has 14 N–H and O–H groups in total. The number of unbranched alkanes of at least 4 members (excludes halogenated alkanes) is 1. The van der Waals surface area contributed by atoms with Crippen LogP contribution in [0.15, 0.2) is 35.3 Å². The van der Waals surface area contributed by atoms with Crippen LogP contribution in [0.25, 0.3) is 0 Å². The number of carboxylic acid groups (broad SMARTS) is 1. The number of carboxylic acids is 1. The average Bonchev–Trinajstić information content (AvgIpc) is 2.92. The number of amides is 4. The molecule has 41 heavy (non-hydrogen) atoms. The molecular weight excluding hydrogens is 534 g/mol. The number of carbonyl (C=O) groups is 5. The second-order valence-corrected chi connectivity index (χ2v) is 9.56. The molecule has 4 amide bonds. The highest BCUT2D eigenvalue weighted by atomic mass is 16.4. The molecule has 4 atom stereocenters. The van der Waals surface area contributed by atoms with E-state index in [1.807, 2.05) is 0 Å². The van der Waals surface area contributed by atoms with Crippen LogP contribution in [-0.4, -0.2) is 77.9 Å². The number of hydrogen-bond donors (Lipinski definition) is 9. The Morgan fingerprint density at radius 3 is 1.88 bits per heavy atom. The summed E-state index contributed by atoms with van der Waals surface area (Å²) in [6, 6.07) is 4.19. The third kappa shape index (κ3) is 14.6. The molecule has 15 nitrogen and oxygen atoms in total. The molecule has 0 bridgehead atoms. The van der Waals surface area contributed by atoms with Crippen LogP contribution in [0, 0.1) is 0 Å². The summed E-state index contributed by atoms with van der Waals surface area (Å²) in [5.41, 5.74) is 27.9. The highest BCUT2D eigenvalue weighted by Gasteiger charge is 2.30. The number of benzene rings is 1. The summed E-state index contributed by atoms with van der Waals surface area (Å²) in [6.07, 6.45) is 1.54. The first-order valence-electron chi connectivity index (χ1n) is 13.4. The van der Waals surface area contributed by atoms with Crippen molar-refractivity contribution in [1.82, 2.24) is 16.0 Å². The molecule has 0 radical (unpaired) electrons. The van der Waals surface area contributed by atoms with E-state index in [0.717, 1.165) is 0 Å². The van der Waals surface area contributed by atoms with Crippen LogP contribution < -0.4 is 44.6 Å². The summed E-state index contributed by atoms with van der Waals surface area (Å²) in [5, 5.41) is 17.4. The Hall–Kier alpha value is -4.24. The van der Waals surface area contributed by atoms with Crippen molar-refractivity contribution in [3.8, 4) is 0 Å². The van der Waals surface area contributed by atoms with Crippen molar-refractivity contribution >= 4 is 35.6 Å². The van der Waals surface area contributed by atoms with E-state index in [1.165, 1.54) is 0 Å². The van der Waals surface area contributed by atoms with Crippen LogP contribution in [-0.2, 0) is 30.4 Å². The molecule has 1 rings (SSSR count). The highest BCUT2D eigenvalue weighted by molar-refractivity contribution is 5.94. The van der Waals surface area contributed by atoms with Gasteiger partial charge in [-0.25, -0.2) is 4.79 Å². The quantitative estimate of drug-likeness (QED) is 0.0447. The van der Waals surface area contributed by atoms with Gasteiger partial charge >= 0.3 is 5.97 Å². The smallest absolute Gasteiger partial charge is 0.326 e. The van der Waals surface area contributed by atoms with E-state index in [2.05, 4.69) is 20.9 Å². The Morgan fingerprint density at radius 1 is 0.780 bits per heavy atom. The van der Waals surface area contributed by atoms with Crippen molar-refractivity contribution in [3.05, 3.63) is 35.9 Å². The van der Waals surface area contributed by atoms with Gasteiger partial charge in [0, 0.05) is 19.4 Å². The van der Waals surface area contributed by atoms with Gasteiger partial charge in [0.2, 0.25) is 23.6 Å². The number of guanidine groups is 1. The number of nitrogens with zero attached hydrogens (tertiary/aromatic N) is 1. The molecule has 0 aliphatic heterocycles. The van der Waals surface area contributed by atoms with Crippen molar-refractivity contribution < 1.29 is 29.1 Å². The second-order valence-electron chi connectivity index (χ2n) is 9.56. The molecule has 228 valence electrons. The van der Waals surface area contributed by atoms with Crippen LogP contribution >= 0.6 is 0 Å². The van der Waals surface area contributed by atoms with Crippen molar-refractivity contribution in [3.63, 3.8) is 0 Å². The predicted octanol–water partition coefficient (Wildman–Crippen LogP) is -2.46. The molecule has 15 heteroatoms. The maximum atomic E-state index is 13.3. The summed E-state index contributed by atoms with van der Waals surface area (Å²) >= 11 is 0. The van der Waals surface area contributed by atoms with Gasteiger partial charge in [0.1, 0.15) is 18.1 Å². The minimum atomic E-state index is -1.26. The topological polar surface area (TPSA) is 284 Å². The van der Waals surface area contributed by atoms with Gasteiger partial charge in [-0.05, 0) is 50.6 Å². The number of aliphatic carboxylic acids is 1. The molecular formula is C26H43N9O6. The monoisotopic (exact) mass is 577 g/mol. The first-order chi connectivity index (χ1) is 19.4. The van der Waals surface area contributed by atoms with Crippen LogP contribution in [0.4, 0.5) is 0 Å². The lowest BCUT2D eigenvalue weighted by atomic mass is 10.0. The largest absolute Gasteiger partial charge is 0.480 e. The van der Waals surface area contributed by atoms with Crippen molar-refractivity contribution in [2.45, 2.75) is 75.5 Å². The fourth-order valence-electron chi connectivity index (χ4n) is 3.84. The zero-order chi connectivity index (χ0) is 30.8. The minimum absolute atomic E-state index is 0.00782. The summed E-state index contributed by atoms with van der Waals surface area (Å²) in [5.74, 6) is -4.07. The van der Waals surface area contributed by atoms with Gasteiger partial charge in [0.05, 0.1) is 6.04 Å². The van der Waals surface area contributed by atoms with Gasteiger partial charge in [-0.3, -0.25) is 24.2 Å². The molecule has 0 aliphatic carbocycles. The van der Waals surface area contributed by atoms with Crippen LogP contribution in [0.1, 0.15) is 50.5 Å². The third-order valence-corrected chi connectivity index (χ3v) is 6.09. The van der Waals surface area contributed by atoms with Gasteiger partial charge in [0.15, 0.2) is 5.96 Å². The number of rotatable bonds is 20. The highest BCUT2D eigenvalue weighted by Crippen LogP contribution is 2.08. The lowest BCUT2D eigenvalue weighted by Crippen LogP contribution is -2.57.